The van der Waals surface area contributed by atoms with E-state index in [-0.39, 0.29) is 18.1 Å². The Balaban J connectivity index is 1.33. The van der Waals surface area contributed by atoms with E-state index in [1.807, 2.05) is 30.3 Å². The average Bonchev–Trinajstić information content (AvgIpc) is 3.49. The fraction of sp³-hybridized carbons (Fsp3) is 0.208. The van der Waals surface area contributed by atoms with Crippen molar-refractivity contribution in [2.45, 2.75) is 25.3 Å². The van der Waals surface area contributed by atoms with Gasteiger partial charge in [0.2, 0.25) is 5.91 Å². The summed E-state index contributed by atoms with van der Waals surface area (Å²) in [4.78, 5) is 40.6. The molecule has 3 amide bonds. The summed E-state index contributed by atoms with van der Waals surface area (Å²) in [7, 11) is 0. The Labute approximate surface area is 189 Å². The van der Waals surface area contributed by atoms with Crippen molar-refractivity contribution in [3.05, 3.63) is 83.0 Å². The van der Waals surface area contributed by atoms with Crippen LogP contribution >= 0.6 is 11.3 Å². The number of nitrogens with zero attached hydrogens (tertiary/aromatic N) is 1. The lowest BCUT2D eigenvalue weighted by molar-refractivity contribution is -0.138. The second-order valence-corrected chi connectivity index (χ2v) is 8.61. The first-order valence-corrected chi connectivity index (χ1v) is 11.1. The first kappa shape index (κ1) is 21.7. The molecule has 6 nitrogen and oxygen atoms in total. The molecule has 0 bridgehead atoms. The predicted molar refractivity (Wildman–Crippen MR) is 120 cm³/mol. The van der Waals surface area contributed by atoms with Crippen molar-refractivity contribution in [2.75, 3.05) is 6.54 Å². The van der Waals surface area contributed by atoms with Gasteiger partial charge < -0.3 is 4.90 Å². The van der Waals surface area contributed by atoms with Crippen LogP contribution in [0, 0.1) is 5.82 Å². The van der Waals surface area contributed by atoms with Gasteiger partial charge >= 0.3 is 0 Å². The minimum Gasteiger partial charge on any atom is -0.330 e. The highest BCUT2D eigenvalue weighted by Crippen LogP contribution is 2.28. The summed E-state index contributed by atoms with van der Waals surface area (Å²) in [5, 5.41) is 0. The van der Waals surface area contributed by atoms with Crippen LogP contribution in [0.3, 0.4) is 0 Å². The maximum atomic E-state index is 13.1. The van der Waals surface area contributed by atoms with Crippen LogP contribution in [0.4, 0.5) is 4.39 Å². The molecule has 32 heavy (non-hydrogen) atoms. The van der Waals surface area contributed by atoms with Crippen molar-refractivity contribution in [1.29, 1.82) is 0 Å². The molecule has 2 aromatic carbocycles. The topological polar surface area (TPSA) is 78.5 Å². The highest BCUT2D eigenvalue weighted by molar-refractivity contribution is 7.17. The minimum absolute atomic E-state index is 0.109. The SMILES string of the molecule is O=C(NNC(=O)C1CCCN1C(=O)Cc1ccccc1)c1ccc(-c2ccc(F)cc2)s1. The molecule has 1 atom stereocenters. The minimum atomic E-state index is -0.607. The van der Waals surface area contributed by atoms with Gasteiger partial charge in [0.05, 0.1) is 11.3 Å². The number of benzene rings is 2. The van der Waals surface area contributed by atoms with Crippen LogP contribution in [0.15, 0.2) is 66.7 Å². The molecule has 1 aliphatic rings. The van der Waals surface area contributed by atoms with E-state index in [1.54, 1.807) is 29.2 Å². The number of carbonyl (C=O) groups excluding carboxylic acids is 3. The van der Waals surface area contributed by atoms with E-state index in [0.717, 1.165) is 22.4 Å². The molecule has 164 valence electrons. The molecular weight excluding hydrogens is 429 g/mol. The van der Waals surface area contributed by atoms with Gasteiger partial charge in [-0.05, 0) is 48.2 Å². The number of halogens is 1. The Morgan fingerprint density at radius 2 is 1.72 bits per heavy atom. The van der Waals surface area contributed by atoms with Crippen molar-refractivity contribution in [2.24, 2.45) is 0 Å². The third kappa shape index (κ3) is 5.03. The summed E-state index contributed by atoms with van der Waals surface area (Å²) in [5.41, 5.74) is 6.58. The molecular formula is C24H22FN3O3S. The van der Waals surface area contributed by atoms with Crippen LogP contribution < -0.4 is 10.9 Å². The smallest absolute Gasteiger partial charge is 0.279 e. The molecule has 0 radical (unpaired) electrons. The highest BCUT2D eigenvalue weighted by Gasteiger charge is 2.34. The van der Waals surface area contributed by atoms with Gasteiger partial charge in [-0.1, -0.05) is 42.5 Å². The summed E-state index contributed by atoms with van der Waals surface area (Å²) in [6.45, 7) is 0.518. The lowest BCUT2D eigenvalue weighted by Crippen LogP contribution is -2.51. The normalized spacial score (nSPS) is 15.4. The van der Waals surface area contributed by atoms with E-state index in [1.165, 1.54) is 23.5 Å². The van der Waals surface area contributed by atoms with Gasteiger partial charge in [0.1, 0.15) is 11.9 Å². The van der Waals surface area contributed by atoms with Gasteiger partial charge in [-0.25, -0.2) is 4.39 Å². The average molecular weight is 452 g/mol. The number of nitrogens with one attached hydrogen (secondary N) is 2. The molecule has 1 unspecified atom stereocenters. The number of hydrogen-bond acceptors (Lipinski definition) is 4. The van der Waals surface area contributed by atoms with Crippen LogP contribution in [-0.2, 0) is 16.0 Å². The summed E-state index contributed by atoms with van der Waals surface area (Å²) in [5.74, 6) is -1.29. The molecule has 4 rings (SSSR count). The monoisotopic (exact) mass is 451 g/mol. The lowest BCUT2D eigenvalue weighted by Gasteiger charge is -2.24. The number of hydrogen-bond donors (Lipinski definition) is 2. The van der Waals surface area contributed by atoms with Crippen molar-refractivity contribution < 1.29 is 18.8 Å². The van der Waals surface area contributed by atoms with E-state index in [2.05, 4.69) is 10.9 Å². The highest BCUT2D eigenvalue weighted by atomic mass is 32.1. The fourth-order valence-corrected chi connectivity index (χ4v) is 4.61. The Kier molecular flexibility index (Phi) is 6.61. The molecule has 0 saturated carbocycles. The third-order valence-corrected chi connectivity index (χ3v) is 6.46. The maximum absolute atomic E-state index is 13.1. The summed E-state index contributed by atoms with van der Waals surface area (Å²) < 4.78 is 13.1. The summed E-state index contributed by atoms with van der Waals surface area (Å²) >= 11 is 1.24. The van der Waals surface area contributed by atoms with Crippen molar-refractivity contribution in [3.63, 3.8) is 0 Å². The number of amides is 3. The quantitative estimate of drug-likeness (QED) is 0.583. The molecule has 0 spiro atoms. The molecule has 2 N–H and O–H groups in total. The molecule has 2 heterocycles. The largest absolute Gasteiger partial charge is 0.330 e. The van der Waals surface area contributed by atoms with E-state index >= 15 is 0 Å². The number of likely N-dealkylation sites (tertiary alicyclic amines) is 1. The van der Waals surface area contributed by atoms with Crippen molar-refractivity contribution >= 4 is 29.1 Å². The molecule has 1 aliphatic heterocycles. The first-order valence-electron chi connectivity index (χ1n) is 10.3. The van der Waals surface area contributed by atoms with Crippen LogP contribution in [-0.4, -0.2) is 35.2 Å². The van der Waals surface area contributed by atoms with Gasteiger partial charge in [0.25, 0.3) is 11.8 Å². The maximum Gasteiger partial charge on any atom is 0.279 e. The zero-order chi connectivity index (χ0) is 22.5. The number of thiophene rings is 1. The molecule has 3 aromatic rings. The predicted octanol–water partition coefficient (Wildman–Crippen LogP) is 3.55. The first-order chi connectivity index (χ1) is 15.5. The third-order valence-electron chi connectivity index (χ3n) is 5.33. The second kappa shape index (κ2) is 9.74. The van der Waals surface area contributed by atoms with Crippen LogP contribution in [0.1, 0.15) is 28.1 Å². The molecule has 8 heteroatoms. The van der Waals surface area contributed by atoms with Gasteiger partial charge in [0, 0.05) is 11.4 Å². The van der Waals surface area contributed by atoms with E-state index in [4.69, 9.17) is 0 Å². The Hall–Kier alpha value is -3.52. The molecule has 0 aliphatic carbocycles. The van der Waals surface area contributed by atoms with Gasteiger partial charge in [-0.3, -0.25) is 25.2 Å². The summed E-state index contributed by atoms with van der Waals surface area (Å²) in [6, 6.07) is 18.2. The van der Waals surface area contributed by atoms with E-state index in [9.17, 15) is 18.8 Å². The van der Waals surface area contributed by atoms with Crippen LogP contribution in [0.25, 0.3) is 10.4 Å². The Bertz CT molecular complexity index is 1120. The van der Waals surface area contributed by atoms with Gasteiger partial charge in [-0.2, -0.15) is 0 Å². The second-order valence-electron chi connectivity index (χ2n) is 7.52. The van der Waals surface area contributed by atoms with Gasteiger partial charge in [0.15, 0.2) is 0 Å². The number of hydrazine groups is 1. The van der Waals surface area contributed by atoms with Crippen molar-refractivity contribution in [1.82, 2.24) is 15.8 Å². The van der Waals surface area contributed by atoms with Crippen LogP contribution in [0.2, 0.25) is 0 Å². The Morgan fingerprint density at radius 1 is 0.969 bits per heavy atom. The number of rotatable bonds is 5. The van der Waals surface area contributed by atoms with Crippen molar-refractivity contribution in [3.8, 4) is 10.4 Å². The zero-order valence-electron chi connectivity index (χ0n) is 17.2. The summed E-state index contributed by atoms with van der Waals surface area (Å²) in [6.07, 6.45) is 1.52. The standard InChI is InChI=1S/C24H22FN3O3S/c25-18-10-8-17(9-11-18)20-12-13-21(32-20)24(31)27-26-23(30)19-7-4-14-28(19)22(29)15-16-5-2-1-3-6-16/h1-3,5-6,8-13,19H,4,7,14-15H2,(H,26,30)(H,27,31). The molecule has 1 aromatic heterocycles. The Morgan fingerprint density at radius 3 is 2.47 bits per heavy atom. The molecule has 1 saturated heterocycles. The number of carbonyl (C=O) groups is 3. The van der Waals surface area contributed by atoms with E-state index in [0.29, 0.717) is 17.8 Å². The fourth-order valence-electron chi connectivity index (χ4n) is 3.70. The van der Waals surface area contributed by atoms with Crippen LogP contribution in [0.5, 0.6) is 0 Å². The zero-order valence-corrected chi connectivity index (χ0v) is 18.0. The molecule has 1 fully saturated rings. The lowest BCUT2D eigenvalue weighted by atomic mass is 10.1. The van der Waals surface area contributed by atoms with Gasteiger partial charge in [-0.15, -0.1) is 11.3 Å². The van der Waals surface area contributed by atoms with E-state index < -0.39 is 17.9 Å².